The Morgan fingerprint density at radius 1 is 1.22 bits per heavy atom. The predicted octanol–water partition coefficient (Wildman–Crippen LogP) is 1.71. The lowest BCUT2D eigenvalue weighted by atomic mass is 10.6. The molecule has 0 aliphatic carbocycles. The molecule has 0 aromatic carbocycles. The Labute approximate surface area is 68.2 Å². The van der Waals surface area contributed by atoms with Crippen LogP contribution in [0.25, 0.3) is 0 Å². The molecule has 0 aromatic heterocycles. The van der Waals surface area contributed by atoms with Crippen LogP contribution in [-0.4, -0.2) is 20.2 Å². The first kappa shape index (κ1) is 7.44. The molecular formula is C3H4Cl3N3. The van der Waals surface area contributed by atoms with Gasteiger partial charge in [-0.25, -0.2) is 0 Å². The van der Waals surface area contributed by atoms with Gasteiger partial charge in [-0.1, -0.05) is 0 Å². The highest BCUT2D eigenvalue weighted by atomic mass is 35.5. The molecule has 0 atom stereocenters. The Hall–Kier alpha value is 0.330. The number of hydrogen-bond donors (Lipinski definition) is 0. The molecule has 6 heteroatoms. The first-order chi connectivity index (χ1) is 4.22. The summed E-state index contributed by atoms with van der Waals surface area (Å²) < 4.78 is 3.43. The molecule has 1 aliphatic heterocycles. The van der Waals surface area contributed by atoms with Crippen molar-refractivity contribution < 1.29 is 0 Å². The molecule has 9 heavy (non-hydrogen) atoms. The Morgan fingerprint density at radius 2 is 1.89 bits per heavy atom. The summed E-state index contributed by atoms with van der Waals surface area (Å²) in [6.45, 7) is 0.550. The van der Waals surface area contributed by atoms with Gasteiger partial charge in [-0.15, -0.1) is 4.53 Å². The van der Waals surface area contributed by atoms with Gasteiger partial charge in [0.15, 0.2) is 0 Å². The van der Waals surface area contributed by atoms with E-state index in [1.807, 2.05) is 0 Å². The van der Waals surface area contributed by atoms with Crippen molar-refractivity contribution >= 4 is 35.3 Å². The predicted molar refractivity (Wildman–Crippen MR) is 37.1 cm³/mol. The van der Waals surface area contributed by atoms with Crippen molar-refractivity contribution in [2.75, 3.05) is 6.54 Å². The smallest absolute Gasteiger partial charge is 0.0529 e. The maximum Gasteiger partial charge on any atom is 0.0529 e. The first-order valence-electron chi connectivity index (χ1n) is 2.22. The van der Waals surface area contributed by atoms with Crippen molar-refractivity contribution in [3.05, 3.63) is 12.3 Å². The first-order valence-corrected chi connectivity index (χ1v) is 3.24. The molecule has 1 heterocycles. The van der Waals surface area contributed by atoms with Crippen LogP contribution in [0, 0.1) is 0 Å². The van der Waals surface area contributed by atoms with Gasteiger partial charge in [0.25, 0.3) is 0 Å². The minimum atomic E-state index is 0.550. The summed E-state index contributed by atoms with van der Waals surface area (Å²) in [5.74, 6) is 0. The van der Waals surface area contributed by atoms with Crippen LogP contribution in [0.3, 0.4) is 0 Å². The van der Waals surface area contributed by atoms with Gasteiger partial charge < -0.3 is 0 Å². The number of rotatable bonds is 0. The van der Waals surface area contributed by atoms with Crippen molar-refractivity contribution in [2.24, 2.45) is 0 Å². The molecule has 0 aromatic rings. The Morgan fingerprint density at radius 3 is 2.33 bits per heavy atom. The van der Waals surface area contributed by atoms with Gasteiger partial charge in [-0.2, -0.15) is 4.53 Å². The molecular weight excluding hydrogens is 184 g/mol. The van der Waals surface area contributed by atoms with Crippen molar-refractivity contribution in [3.8, 4) is 0 Å². The highest BCUT2D eigenvalue weighted by molar-refractivity contribution is 6.22. The standard InChI is InChI=1S/C3H4Cl3N3/c4-7-2-1-3-8(5)9(7)6/h1-2H,3H2. The van der Waals surface area contributed by atoms with Gasteiger partial charge in [0.1, 0.15) is 0 Å². The van der Waals surface area contributed by atoms with Crippen LogP contribution in [0.1, 0.15) is 0 Å². The molecule has 0 fully saturated rings. The van der Waals surface area contributed by atoms with Gasteiger partial charge in [0.05, 0.1) is 6.54 Å². The quantitative estimate of drug-likeness (QED) is 0.536. The average molecular weight is 188 g/mol. The SMILES string of the molecule is ClN1C=CCN(Cl)N1Cl. The number of nitrogens with zero attached hydrogens (tertiary/aromatic N) is 3. The fourth-order valence-electron chi connectivity index (χ4n) is 0.436. The number of halogens is 3. The summed E-state index contributed by atoms with van der Waals surface area (Å²) in [5.41, 5.74) is 0. The highest BCUT2D eigenvalue weighted by Crippen LogP contribution is 2.17. The zero-order valence-corrected chi connectivity index (χ0v) is 6.61. The van der Waals surface area contributed by atoms with E-state index in [-0.39, 0.29) is 0 Å². The molecule has 1 rings (SSSR count). The van der Waals surface area contributed by atoms with Crippen molar-refractivity contribution in [1.82, 2.24) is 13.7 Å². The number of hydrogen-bond acceptors (Lipinski definition) is 3. The molecule has 0 saturated heterocycles. The second-order valence-corrected chi connectivity index (χ2v) is 2.47. The monoisotopic (exact) mass is 187 g/mol. The van der Waals surface area contributed by atoms with Gasteiger partial charge in [-0.3, -0.25) is 0 Å². The molecule has 0 saturated carbocycles. The molecule has 52 valence electrons. The van der Waals surface area contributed by atoms with Crippen LogP contribution in [0.15, 0.2) is 12.3 Å². The molecule has 1 aliphatic rings. The van der Waals surface area contributed by atoms with E-state index in [0.29, 0.717) is 6.54 Å². The van der Waals surface area contributed by atoms with E-state index in [1.165, 1.54) is 4.53 Å². The third kappa shape index (κ3) is 1.63. The second-order valence-electron chi connectivity index (χ2n) is 1.43. The Balaban J connectivity index is 2.58. The lowest BCUT2D eigenvalue weighted by molar-refractivity contribution is 0.0469. The molecule has 0 unspecified atom stereocenters. The Bertz CT molecular complexity index is 127. The largest absolute Gasteiger partial charge is 0.193 e. The van der Waals surface area contributed by atoms with Crippen LogP contribution in [0.4, 0.5) is 0 Å². The summed E-state index contributed by atoms with van der Waals surface area (Å²) in [6, 6.07) is 0. The van der Waals surface area contributed by atoms with Crippen molar-refractivity contribution in [2.45, 2.75) is 0 Å². The molecule has 0 bridgehead atoms. The normalized spacial score (nSPS) is 23.2. The maximum absolute atomic E-state index is 5.51. The molecule has 0 radical (unpaired) electrons. The summed E-state index contributed by atoms with van der Waals surface area (Å²) in [4.78, 5) is 0. The van der Waals surface area contributed by atoms with Crippen LogP contribution in [-0.2, 0) is 0 Å². The van der Waals surface area contributed by atoms with E-state index in [2.05, 4.69) is 0 Å². The van der Waals surface area contributed by atoms with Crippen LogP contribution in [0.2, 0.25) is 0 Å². The van der Waals surface area contributed by atoms with E-state index in [0.717, 1.165) is 9.16 Å². The minimum Gasteiger partial charge on any atom is -0.193 e. The van der Waals surface area contributed by atoms with Gasteiger partial charge >= 0.3 is 0 Å². The van der Waals surface area contributed by atoms with E-state index in [1.54, 1.807) is 12.3 Å². The second kappa shape index (κ2) is 2.94. The van der Waals surface area contributed by atoms with E-state index in [4.69, 9.17) is 35.3 Å². The fraction of sp³-hybridized carbons (Fsp3) is 0.333. The third-order valence-corrected chi connectivity index (χ3v) is 1.86. The van der Waals surface area contributed by atoms with Crippen molar-refractivity contribution in [1.29, 1.82) is 0 Å². The topological polar surface area (TPSA) is 9.72 Å². The van der Waals surface area contributed by atoms with Gasteiger partial charge in [0.2, 0.25) is 0 Å². The lowest BCUT2D eigenvalue weighted by Gasteiger charge is -2.28. The summed E-state index contributed by atoms with van der Waals surface area (Å²) in [5, 5.41) is 0. The van der Waals surface area contributed by atoms with E-state index < -0.39 is 0 Å². The van der Waals surface area contributed by atoms with E-state index in [9.17, 15) is 0 Å². The van der Waals surface area contributed by atoms with Gasteiger partial charge in [0, 0.05) is 29.8 Å². The maximum atomic E-state index is 5.51. The molecule has 0 N–H and O–H groups in total. The van der Waals surface area contributed by atoms with Crippen LogP contribution in [0.5, 0.6) is 0 Å². The zero-order valence-electron chi connectivity index (χ0n) is 4.34. The van der Waals surface area contributed by atoms with Gasteiger partial charge in [-0.05, 0) is 22.5 Å². The van der Waals surface area contributed by atoms with Crippen molar-refractivity contribution in [3.63, 3.8) is 0 Å². The summed E-state index contributed by atoms with van der Waals surface area (Å²) in [6.07, 6.45) is 3.38. The van der Waals surface area contributed by atoms with E-state index >= 15 is 0 Å². The minimum absolute atomic E-state index is 0.550. The third-order valence-electron chi connectivity index (χ3n) is 0.821. The molecule has 0 spiro atoms. The lowest BCUT2D eigenvalue weighted by Crippen LogP contribution is -2.38. The average Bonchev–Trinajstić information content (AvgIpc) is 1.83. The zero-order chi connectivity index (χ0) is 6.85. The molecule has 3 nitrogen and oxygen atoms in total. The fourth-order valence-corrected chi connectivity index (χ4v) is 0.897. The summed E-state index contributed by atoms with van der Waals surface area (Å²) >= 11 is 16.5. The number of hydrazine groups is 2. The molecule has 0 amide bonds. The Kier molecular flexibility index (Phi) is 2.43. The summed E-state index contributed by atoms with van der Waals surface area (Å²) in [7, 11) is 0. The highest BCUT2D eigenvalue weighted by Gasteiger charge is 2.17. The van der Waals surface area contributed by atoms with Crippen LogP contribution >= 0.6 is 35.3 Å². The van der Waals surface area contributed by atoms with Crippen LogP contribution < -0.4 is 0 Å².